The molecule has 2 amide bonds. The minimum Gasteiger partial charge on any atom is -0.369 e. The number of aromatic nitrogens is 1. The number of nitrogens with one attached hydrogen (secondary N) is 1. The number of rotatable bonds is 4. The number of benzene rings is 1. The Kier molecular flexibility index (Phi) is 4.04. The molecule has 0 spiro atoms. The van der Waals surface area contributed by atoms with Gasteiger partial charge in [-0.05, 0) is 18.2 Å². The van der Waals surface area contributed by atoms with Crippen LogP contribution in [0.1, 0.15) is 16.1 Å². The van der Waals surface area contributed by atoms with Crippen molar-refractivity contribution in [3.8, 4) is 0 Å². The molecule has 3 N–H and O–H groups in total. The zero-order valence-corrected chi connectivity index (χ0v) is 10.8. The molecule has 0 aliphatic heterocycles. The van der Waals surface area contributed by atoms with Gasteiger partial charge in [0, 0.05) is 5.38 Å². The van der Waals surface area contributed by atoms with Gasteiger partial charge >= 0.3 is 0 Å². The molecule has 2 aromatic rings. The first-order valence-corrected chi connectivity index (χ1v) is 6.33. The molecule has 2 rings (SSSR count). The minimum absolute atomic E-state index is 0.0549. The number of halogens is 2. The van der Waals surface area contributed by atoms with Gasteiger partial charge in [-0.25, -0.2) is 13.8 Å². The summed E-state index contributed by atoms with van der Waals surface area (Å²) in [6, 6.07) is 2.58. The molecular weight excluding hydrogens is 288 g/mol. The Morgan fingerprint density at radius 2 is 2.10 bits per heavy atom. The first-order chi connectivity index (χ1) is 9.45. The molecule has 20 heavy (non-hydrogen) atoms. The van der Waals surface area contributed by atoms with Crippen LogP contribution in [0, 0.1) is 11.6 Å². The predicted molar refractivity (Wildman–Crippen MR) is 69.3 cm³/mol. The van der Waals surface area contributed by atoms with Crippen LogP contribution in [-0.2, 0) is 11.2 Å². The third-order valence-corrected chi connectivity index (χ3v) is 3.11. The summed E-state index contributed by atoms with van der Waals surface area (Å²) in [6.07, 6.45) is -0.0549. The first kappa shape index (κ1) is 14.1. The summed E-state index contributed by atoms with van der Waals surface area (Å²) in [5.41, 5.74) is 4.99. The summed E-state index contributed by atoms with van der Waals surface area (Å²) >= 11 is 1.06. The highest BCUT2D eigenvalue weighted by molar-refractivity contribution is 7.14. The number of thiazole rings is 1. The van der Waals surface area contributed by atoms with E-state index in [0.29, 0.717) is 5.69 Å². The summed E-state index contributed by atoms with van der Waals surface area (Å²) in [7, 11) is 0. The molecule has 0 aliphatic rings. The maximum atomic E-state index is 13.4. The second kappa shape index (κ2) is 5.74. The lowest BCUT2D eigenvalue weighted by atomic mass is 10.2. The van der Waals surface area contributed by atoms with Crippen molar-refractivity contribution in [3.63, 3.8) is 0 Å². The van der Waals surface area contributed by atoms with Crippen molar-refractivity contribution >= 4 is 28.3 Å². The largest absolute Gasteiger partial charge is 0.369 e. The van der Waals surface area contributed by atoms with Gasteiger partial charge in [0.1, 0.15) is 11.6 Å². The smallest absolute Gasteiger partial charge is 0.260 e. The summed E-state index contributed by atoms with van der Waals surface area (Å²) in [6.45, 7) is 0. The van der Waals surface area contributed by atoms with Gasteiger partial charge < -0.3 is 5.73 Å². The third-order valence-electron chi connectivity index (χ3n) is 2.30. The Morgan fingerprint density at radius 3 is 2.80 bits per heavy atom. The predicted octanol–water partition coefficient (Wildman–Crippen LogP) is 1.70. The molecule has 0 saturated heterocycles. The third kappa shape index (κ3) is 3.35. The Labute approximate surface area is 116 Å². The standard InChI is InChI=1S/C12H9F2N3O2S/c13-6-1-2-9(14)8(3-6)11(19)17-12-16-7(5-20-12)4-10(15)18/h1-3,5H,4H2,(H2,15,18)(H,16,17,19). The minimum atomic E-state index is -0.835. The Bertz CT molecular complexity index is 672. The van der Waals surface area contributed by atoms with E-state index >= 15 is 0 Å². The Balaban J connectivity index is 2.13. The van der Waals surface area contributed by atoms with E-state index in [-0.39, 0.29) is 11.6 Å². The lowest BCUT2D eigenvalue weighted by Crippen LogP contribution is -2.15. The zero-order valence-electron chi connectivity index (χ0n) is 10.0. The normalized spacial score (nSPS) is 10.3. The maximum Gasteiger partial charge on any atom is 0.260 e. The van der Waals surface area contributed by atoms with Gasteiger partial charge in [-0.3, -0.25) is 14.9 Å². The van der Waals surface area contributed by atoms with E-state index < -0.39 is 29.0 Å². The summed E-state index contributed by atoms with van der Waals surface area (Å²) in [5, 5.41) is 4.05. The monoisotopic (exact) mass is 297 g/mol. The molecule has 0 bridgehead atoms. The number of amides is 2. The van der Waals surface area contributed by atoms with Crippen LogP contribution in [0.25, 0.3) is 0 Å². The zero-order chi connectivity index (χ0) is 14.7. The number of nitrogens with zero attached hydrogens (tertiary/aromatic N) is 1. The second-order valence-electron chi connectivity index (χ2n) is 3.87. The van der Waals surface area contributed by atoms with E-state index in [9.17, 15) is 18.4 Å². The maximum absolute atomic E-state index is 13.4. The molecule has 1 aromatic carbocycles. The SMILES string of the molecule is NC(=O)Cc1csc(NC(=O)c2cc(F)ccc2F)n1. The quantitative estimate of drug-likeness (QED) is 0.900. The summed E-state index contributed by atoms with van der Waals surface area (Å²) in [4.78, 5) is 26.4. The highest BCUT2D eigenvalue weighted by Gasteiger charge is 2.15. The highest BCUT2D eigenvalue weighted by Crippen LogP contribution is 2.18. The number of primary amides is 1. The topological polar surface area (TPSA) is 85.1 Å². The summed E-state index contributed by atoms with van der Waals surface area (Å²) < 4.78 is 26.4. The van der Waals surface area contributed by atoms with Gasteiger partial charge in [-0.1, -0.05) is 0 Å². The lowest BCUT2D eigenvalue weighted by molar-refractivity contribution is -0.117. The number of carbonyl (C=O) groups is 2. The number of anilines is 1. The van der Waals surface area contributed by atoms with Gasteiger partial charge in [0.15, 0.2) is 5.13 Å². The van der Waals surface area contributed by atoms with E-state index in [1.807, 2.05) is 0 Å². The van der Waals surface area contributed by atoms with Gasteiger partial charge in [0.2, 0.25) is 5.91 Å². The molecule has 1 aromatic heterocycles. The fraction of sp³-hybridized carbons (Fsp3) is 0.0833. The summed E-state index contributed by atoms with van der Waals surface area (Å²) in [5.74, 6) is -2.92. The van der Waals surface area contributed by atoms with E-state index in [2.05, 4.69) is 10.3 Å². The van der Waals surface area contributed by atoms with Crippen LogP contribution in [0.4, 0.5) is 13.9 Å². The van der Waals surface area contributed by atoms with Crippen LogP contribution >= 0.6 is 11.3 Å². The van der Waals surface area contributed by atoms with Crippen LogP contribution in [-0.4, -0.2) is 16.8 Å². The van der Waals surface area contributed by atoms with Gasteiger partial charge in [-0.2, -0.15) is 0 Å². The molecule has 0 aliphatic carbocycles. The van der Waals surface area contributed by atoms with E-state index in [0.717, 1.165) is 29.5 Å². The van der Waals surface area contributed by atoms with Gasteiger partial charge in [-0.15, -0.1) is 11.3 Å². The van der Waals surface area contributed by atoms with Crippen molar-refractivity contribution in [2.45, 2.75) is 6.42 Å². The molecule has 1 heterocycles. The van der Waals surface area contributed by atoms with Crippen LogP contribution in [0.2, 0.25) is 0 Å². The number of hydrogen-bond donors (Lipinski definition) is 2. The average molecular weight is 297 g/mol. The van der Waals surface area contributed by atoms with Crippen LogP contribution in [0.15, 0.2) is 23.6 Å². The fourth-order valence-electron chi connectivity index (χ4n) is 1.46. The molecule has 0 fully saturated rings. The van der Waals surface area contributed by atoms with E-state index in [4.69, 9.17) is 5.73 Å². The van der Waals surface area contributed by atoms with Crippen molar-refractivity contribution in [1.82, 2.24) is 4.98 Å². The molecule has 0 saturated carbocycles. The van der Waals surface area contributed by atoms with Crippen molar-refractivity contribution in [1.29, 1.82) is 0 Å². The van der Waals surface area contributed by atoms with Crippen molar-refractivity contribution < 1.29 is 18.4 Å². The highest BCUT2D eigenvalue weighted by atomic mass is 32.1. The van der Waals surface area contributed by atoms with Crippen molar-refractivity contribution in [2.75, 3.05) is 5.32 Å². The first-order valence-electron chi connectivity index (χ1n) is 5.45. The average Bonchev–Trinajstić information content (AvgIpc) is 2.78. The molecular formula is C12H9F2N3O2S. The van der Waals surface area contributed by atoms with Gasteiger partial charge in [0.05, 0.1) is 17.7 Å². The van der Waals surface area contributed by atoms with Crippen LogP contribution in [0.3, 0.4) is 0 Å². The molecule has 0 unspecified atom stereocenters. The van der Waals surface area contributed by atoms with E-state index in [1.165, 1.54) is 0 Å². The van der Waals surface area contributed by atoms with Crippen LogP contribution in [0.5, 0.6) is 0 Å². The lowest BCUT2D eigenvalue weighted by Gasteiger charge is -2.03. The molecule has 8 heteroatoms. The number of carbonyl (C=O) groups excluding carboxylic acids is 2. The number of hydrogen-bond acceptors (Lipinski definition) is 4. The van der Waals surface area contributed by atoms with Crippen LogP contribution < -0.4 is 11.1 Å². The number of nitrogens with two attached hydrogens (primary N) is 1. The van der Waals surface area contributed by atoms with Crippen molar-refractivity contribution in [2.24, 2.45) is 5.73 Å². The Morgan fingerprint density at radius 1 is 1.35 bits per heavy atom. The molecule has 5 nitrogen and oxygen atoms in total. The molecule has 0 radical (unpaired) electrons. The fourth-order valence-corrected chi connectivity index (χ4v) is 2.17. The Hall–Kier alpha value is -2.35. The molecule has 0 atom stereocenters. The molecule has 104 valence electrons. The van der Waals surface area contributed by atoms with Gasteiger partial charge in [0.25, 0.3) is 5.91 Å². The van der Waals surface area contributed by atoms with Crippen molar-refractivity contribution in [3.05, 3.63) is 46.5 Å². The second-order valence-corrected chi connectivity index (χ2v) is 4.72. The van der Waals surface area contributed by atoms with E-state index in [1.54, 1.807) is 5.38 Å².